The van der Waals surface area contributed by atoms with Crippen LogP contribution in [0.4, 0.5) is 5.69 Å². The monoisotopic (exact) mass is 290 g/mol. The van der Waals surface area contributed by atoms with E-state index in [9.17, 15) is 5.11 Å². The number of phenols is 1. The largest absolute Gasteiger partial charge is 0.504 e. The van der Waals surface area contributed by atoms with Crippen molar-refractivity contribution in [3.63, 3.8) is 0 Å². The molecule has 1 atom stereocenters. The first-order valence-electron chi connectivity index (χ1n) is 6.65. The molecular weight excluding hydrogens is 268 g/mol. The molecule has 1 fully saturated rings. The van der Waals surface area contributed by atoms with Crippen LogP contribution in [-0.4, -0.2) is 43.2 Å². The maximum Gasteiger partial charge on any atom is 0.160 e. The van der Waals surface area contributed by atoms with Crippen LogP contribution in [0.5, 0.6) is 11.5 Å². The molecule has 1 unspecified atom stereocenters. The Morgan fingerprint density at radius 3 is 2.67 bits per heavy atom. The molecule has 1 N–H and O–H groups in total. The second kappa shape index (κ2) is 7.47. The molecule has 0 radical (unpaired) electrons. The number of allylic oxidation sites excluding steroid dienone is 1. The molecule has 0 saturated carbocycles. The standard InChI is InChI=1S/C15H20N2O2.CH2O/c1-5-11-7-12(17(11)3)9-16-13-8-14(18)15(19-4)6-10(13)2;1-2/h5-6,8-9,12,18H,7H2,1-4H3;1H2/b11-5+,16-9?;. The zero-order valence-electron chi connectivity index (χ0n) is 13.0. The maximum atomic E-state index is 9.77. The first-order chi connectivity index (χ1) is 10.1. The molecule has 1 aromatic carbocycles. The van der Waals surface area contributed by atoms with Gasteiger partial charge in [0.2, 0.25) is 0 Å². The fourth-order valence-corrected chi connectivity index (χ4v) is 2.20. The third-order valence-electron chi connectivity index (χ3n) is 3.59. The molecule has 0 spiro atoms. The lowest BCUT2D eigenvalue weighted by Crippen LogP contribution is -2.43. The van der Waals surface area contributed by atoms with Gasteiger partial charge in [0.05, 0.1) is 18.8 Å². The van der Waals surface area contributed by atoms with Crippen LogP contribution in [0.15, 0.2) is 28.9 Å². The van der Waals surface area contributed by atoms with Crippen LogP contribution in [0.2, 0.25) is 0 Å². The van der Waals surface area contributed by atoms with Crippen molar-refractivity contribution in [2.75, 3.05) is 14.2 Å². The minimum Gasteiger partial charge on any atom is -0.504 e. The Morgan fingerprint density at radius 1 is 1.48 bits per heavy atom. The van der Waals surface area contributed by atoms with Crippen molar-refractivity contribution in [3.05, 3.63) is 29.5 Å². The average molecular weight is 290 g/mol. The number of carbonyl (C=O) groups is 1. The lowest BCUT2D eigenvalue weighted by Gasteiger charge is -2.40. The zero-order valence-corrected chi connectivity index (χ0v) is 13.0. The van der Waals surface area contributed by atoms with Gasteiger partial charge in [-0.3, -0.25) is 4.99 Å². The molecule has 1 saturated heterocycles. The molecule has 1 aliphatic heterocycles. The van der Waals surface area contributed by atoms with Crippen LogP contribution >= 0.6 is 0 Å². The number of aryl methyl sites for hydroxylation is 1. The summed E-state index contributed by atoms with van der Waals surface area (Å²) in [6.45, 7) is 6.00. The second-order valence-corrected chi connectivity index (χ2v) is 4.75. The summed E-state index contributed by atoms with van der Waals surface area (Å²) in [7, 11) is 3.60. The summed E-state index contributed by atoms with van der Waals surface area (Å²) < 4.78 is 5.07. The highest BCUT2D eigenvalue weighted by atomic mass is 16.5. The number of methoxy groups -OCH3 is 1. The second-order valence-electron chi connectivity index (χ2n) is 4.75. The first-order valence-corrected chi connectivity index (χ1v) is 6.65. The van der Waals surface area contributed by atoms with Gasteiger partial charge in [0, 0.05) is 31.4 Å². The number of hydrogen-bond acceptors (Lipinski definition) is 5. The smallest absolute Gasteiger partial charge is 0.160 e. The van der Waals surface area contributed by atoms with Crippen LogP contribution in [0.3, 0.4) is 0 Å². The molecule has 1 aromatic rings. The Hall–Kier alpha value is -2.30. The number of hydrogen-bond donors (Lipinski definition) is 1. The third-order valence-corrected chi connectivity index (χ3v) is 3.59. The van der Waals surface area contributed by atoms with Crippen molar-refractivity contribution in [2.45, 2.75) is 26.3 Å². The lowest BCUT2D eigenvalue weighted by molar-refractivity contribution is -0.0979. The van der Waals surface area contributed by atoms with Gasteiger partial charge < -0.3 is 19.5 Å². The summed E-state index contributed by atoms with van der Waals surface area (Å²) in [5, 5.41) is 9.77. The molecule has 0 bridgehead atoms. The van der Waals surface area contributed by atoms with E-state index in [1.807, 2.05) is 26.9 Å². The van der Waals surface area contributed by atoms with Crippen LogP contribution in [0.25, 0.3) is 0 Å². The molecule has 114 valence electrons. The SMILES string of the molecule is C/C=C1\CC(C=Nc2cc(O)c(OC)cc2C)N1C.C=O. The van der Waals surface area contributed by atoms with E-state index in [0.29, 0.717) is 11.8 Å². The average Bonchev–Trinajstić information content (AvgIpc) is 2.50. The number of rotatable bonds is 3. The predicted octanol–water partition coefficient (Wildman–Crippen LogP) is 2.83. The number of phenolic OH excluding ortho intramolecular Hbond substituents is 1. The number of carbonyl (C=O) groups excluding carboxylic acids is 1. The predicted molar refractivity (Wildman–Crippen MR) is 84.6 cm³/mol. The van der Waals surface area contributed by atoms with Crippen LogP contribution in [-0.2, 0) is 4.79 Å². The molecule has 5 heteroatoms. The summed E-state index contributed by atoms with van der Waals surface area (Å²) in [6.07, 6.45) is 5.08. The normalized spacial score (nSPS) is 19.1. The van der Waals surface area contributed by atoms with Gasteiger partial charge in [-0.1, -0.05) is 6.08 Å². The Kier molecular flexibility index (Phi) is 5.96. The highest BCUT2D eigenvalue weighted by molar-refractivity contribution is 5.73. The molecule has 0 aromatic heterocycles. The van der Waals surface area contributed by atoms with Gasteiger partial charge in [-0.15, -0.1) is 0 Å². The van der Waals surface area contributed by atoms with Crippen LogP contribution < -0.4 is 4.74 Å². The van der Waals surface area contributed by atoms with Crippen molar-refractivity contribution in [1.29, 1.82) is 0 Å². The van der Waals surface area contributed by atoms with E-state index < -0.39 is 0 Å². The van der Waals surface area contributed by atoms with Gasteiger partial charge in [-0.2, -0.15) is 0 Å². The van der Waals surface area contributed by atoms with Crippen LogP contribution in [0.1, 0.15) is 18.9 Å². The van der Waals surface area contributed by atoms with Gasteiger partial charge in [0.1, 0.15) is 6.79 Å². The van der Waals surface area contributed by atoms with Gasteiger partial charge >= 0.3 is 0 Å². The van der Waals surface area contributed by atoms with E-state index in [4.69, 9.17) is 9.53 Å². The molecule has 0 aliphatic carbocycles. The van der Waals surface area contributed by atoms with Gasteiger partial charge in [0.25, 0.3) is 0 Å². The Labute approximate surface area is 125 Å². The lowest BCUT2D eigenvalue weighted by atomic mass is 10.0. The highest BCUT2D eigenvalue weighted by Gasteiger charge is 2.26. The summed E-state index contributed by atoms with van der Waals surface area (Å²) in [5.74, 6) is 0.602. The summed E-state index contributed by atoms with van der Waals surface area (Å²) in [5.41, 5.74) is 3.10. The van der Waals surface area contributed by atoms with E-state index >= 15 is 0 Å². The maximum absolute atomic E-state index is 9.77. The van der Waals surface area contributed by atoms with Crippen molar-refractivity contribution in [3.8, 4) is 11.5 Å². The number of benzene rings is 1. The quantitative estimate of drug-likeness (QED) is 0.870. The van der Waals surface area contributed by atoms with E-state index in [-0.39, 0.29) is 5.75 Å². The molecular formula is C16H22N2O3. The molecule has 21 heavy (non-hydrogen) atoms. The zero-order chi connectivity index (χ0) is 16.0. The van der Waals surface area contributed by atoms with Gasteiger partial charge in [0.15, 0.2) is 11.5 Å². The number of ether oxygens (including phenoxy) is 1. The van der Waals surface area contributed by atoms with Crippen molar-refractivity contribution in [2.24, 2.45) is 4.99 Å². The number of aromatic hydroxyl groups is 1. The number of likely N-dealkylation sites (tertiary alicyclic amines) is 1. The third kappa shape index (κ3) is 3.62. The van der Waals surface area contributed by atoms with E-state index in [1.54, 1.807) is 19.2 Å². The van der Waals surface area contributed by atoms with E-state index in [2.05, 4.69) is 23.0 Å². The van der Waals surface area contributed by atoms with Crippen molar-refractivity contribution >= 4 is 18.7 Å². The van der Waals surface area contributed by atoms with E-state index in [0.717, 1.165) is 17.7 Å². The van der Waals surface area contributed by atoms with Crippen molar-refractivity contribution < 1.29 is 14.6 Å². The fourth-order valence-electron chi connectivity index (χ4n) is 2.20. The molecule has 2 rings (SSSR count). The van der Waals surface area contributed by atoms with Crippen molar-refractivity contribution in [1.82, 2.24) is 4.90 Å². The first kappa shape index (κ1) is 16.8. The fraction of sp³-hybridized carbons (Fsp3) is 0.375. The van der Waals surface area contributed by atoms with Gasteiger partial charge in [-0.25, -0.2) is 0 Å². The highest BCUT2D eigenvalue weighted by Crippen LogP contribution is 2.34. The Balaban J connectivity index is 0.00000106. The van der Waals surface area contributed by atoms with Gasteiger partial charge in [-0.05, 0) is 25.5 Å². The summed E-state index contributed by atoms with van der Waals surface area (Å²) >= 11 is 0. The minimum absolute atomic E-state index is 0.122. The Morgan fingerprint density at radius 2 is 2.14 bits per heavy atom. The Bertz CT molecular complexity index is 553. The number of nitrogens with zero attached hydrogens (tertiary/aromatic N) is 2. The molecule has 1 heterocycles. The number of aliphatic imine (C=N–C) groups is 1. The minimum atomic E-state index is 0.122. The summed E-state index contributed by atoms with van der Waals surface area (Å²) in [4.78, 5) is 14.7. The van der Waals surface area contributed by atoms with E-state index in [1.165, 1.54) is 5.70 Å². The van der Waals surface area contributed by atoms with Crippen LogP contribution in [0, 0.1) is 6.92 Å². The molecule has 0 amide bonds. The molecule has 1 aliphatic rings. The summed E-state index contributed by atoms with van der Waals surface area (Å²) in [6, 6.07) is 3.78. The molecule has 5 nitrogen and oxygen atoms in total. The topological polar surface area (TPSA) is 62.1 Å².